The second-order valence-corrected chi connectivity index (χ2v) is 8.84. The van der Waals surface area contributed by atoms with Crippen molar-refractivity contribution in [3.63, 3.8) is 0 Å². The van der Waals surface area contributed by atoms with Gasteiger partial charge in [0.2, 0.25) is 0 Å². The molecule has 0 unspecified atom stereocenters. The van der Waals surface area contributed by atoms with Gasteiger partial charge in [0.25, 0.3) is 0 Å². The molecule has 0 aliphatic carbocycles. The summed E-state index contributed by atoms with van der Waals surface area (Å²) in [4.78, 5) is 7.72. The summed E-state index contributed by atoms with van der Waals surface area (Å²) in [6.45, 7) is 2.06. The quantitative estimate of drug-likeness (QED) is 0.160. The fourth-order valence-corrected chi connectivity index (χ4v) is 3.43. The lowest BCUT2D eigenvalue weighted by Gasteiger charge is -2.39. The Bertz CT molecular complexity index is 1100. The van der Waals surface area contributed by atoms with Crippen LogP contribution in [0.15, 0.2) is 36.7 Å². The smallest absolute Gasteiger partial charge is 0.427 e. The summed E-state index contributed by atoms with van der Waals surface area (Å²) in [6, 6.07) is 3.38. The van der Waals surface area contributed by atoms with E-state index in [1.54, 1.807) is 0 Å². The highest BCUT2D eigenvalue weighted by atomic mass is 19.4. The SMILES string of the molecule is CCCCCCCCc1cnc(-c2ccccc2OC(F)(F)C(F)(F)C(F)(F)C(F)(F)C(F)(F)C(F)(F)F)nc1. The molecule has 0 fully saturated rings. The number of benzene rings is 1. The molecule has 1 aromatic heterocycles. The second-order valence-electron chi connectivity index (χ2n) is 8.84. The third-order valence-electron chi connectivity index (χ3n) is 5.79. The van der Waals surface area contributed by atoms with Crippen LogP contribution in [0.5, 0.6) is 5.75 Å². The van der Waals surface area contributed by atoms with Crippen LogP contribution in [-0.2, 0) is 6.42 Å². The van der Waals surface area contributed by atoms with Crippen molar-refractivity contribution < 1.29 is 61.8 Å². The molecule has 40 heavy (non-hydrogen) atoms. The standard InChI is InChI=1S/C24H23F13N2O/c1-2-3-4-5-6-7-10-15-13-38-18(39-14-15)16-11-8-9-12-17(16)40-24(36,37)22(31,32)20(27,28)19(25,26)21(29,30)23(33,34)35/h8-9,11-14H,2-7,10H2,1H3. The van der Waals surface area contributed by atoms with Crippen LogP contribution < -0.4 is 4.74 Å². The molecule has 0 N–H and O–H groups in total. The topological polar surface area (TPSA) is 35.0 Å². The number of rotatable bonds is 14. The molecule has 2 aromatic rings. The van der Waals surface area contributed by atoms with Gasteiger partial charge in [-0.15, -0.1) is 0 Å². The molecule has 0 aliphatic heterocycles. The Kier molecular flexibility index (Phi) is 9.99. The van der Waals surface area contributed by atoms with Gasteiger partial charge in [0, 0.05) is 12.4 Å². The van der Waals surface area contributed by atoms with Crippen molar-refractivity contribution in [3.8, 4) is 17.1 Å². The Balaban J connectivity index is 2.30. The number of hydrogen-bond acceptors (Lipinski definition) is 3. The van der Waals surface area contributed by atoms with Crippen molar-refractivity contribution in [2.45, 2.75) is 87.8 Å². The largest absolute Gasteiger partial charge is 0.471 e. The average molecular weight is 602 g/mol. The van der Waals surface area contributed by atoms with Gasteiger partial charge >= 0.3 is 36.0 Å². The first-order valence-corrected chi connectivity index (χ1v) is 11.8. The summed E-state index contributed by atoms with van der Waals surface area (Å²) in [5, 5.41) is 0. The number of ether oxygens (including phenoxy) is 1. The van der Waals surface area contributed by atoms with E-state index >= 15 is 0 Å². The molecule has 0 aliphatic rings. The van der Waals surface area contributed by atoms with Crippen LogP contribution in [-0.4, -0.2) is 45.9 Å². The highest BCUT2D eigenvalue weighted by Gasteiger charge is 2.91. The van der Waals surface area contributed by atoms with E-state index in [1.165, 1.54) is 12.4 Å². The number of aryl methyl sites for hydroxylation is 1. The molecule has 3 nitrogen and oxygen atoms in total. The molecule has 0 spiro atoms. The van der Waals surface area contributed by atoms with Gasteiger partial charge in [0.1, 0.15) is 5.75 Å². The summed E-state index contributed by atoms with van der Waals surface area (Å²) in [7, 11) is 0. The lowest BCUT2D eigenvalue weighted by molar-refractivity contribution is -0.456. The Morgan fingerprint density at radius 1 is 0.625 bits per heavy atom. The van der Waals surface area contributed by atoms with Crippen LogP contribution in [0.3, 0.4) is 0 Å². The van der Waals surface area contributed by atoms with E-state index in [1.807, 2.05) is 0 Å². The van der Waals surface area contributed by atoms with Gasteiger partial charge in [0.05, 0.1) is 5.56 Å². The highest BCUT2D eigenvalue weighted by Crippen LogP contribution is 2.60. The van der Waals surface area contributed by atoms with Gasteiger partial charge < -0.3 is 4.74 Å². The number of aromatic nitrogens is 2. The van der Waals surface area contributed by atoms with E-state index in [0.717, 1.165) is 56.7 Å². The Morgan fingerprint density at radius 3 is 1.68 bits per heavy atom. The van der Waals surface area contributed by atoms with E-state index < -0.39 is 53.1 Å². The fourth-order valence-electron chi connectivity index (χ4n) is 3.43. The molecule has 0 saturated heterocycles. The van der Waals surface area contributed by atoms with Gasteiger partial charge in [-0.05, 0) is 30.5 Å². The third kappa shape index (κ3) is 6.40. The summed E-state index contributed by atoms with van der Waals surface area (Å²) in [5.41, 5.74) is -0.0261. The van der Waals surface area contributed by atoms with E-state index in [9.17, 15) is 57.1 Å². The maximum Gasteiger partial charge on any atom is 0.471 e. The molecule has 0 bridgehead atoms. The van der Waals surface area contributed by atoms with Crippen molar-refractivity contribution >= 4 is 0 Å². The predicted octanol–water partition coefficient (Wildman–Crippen LogP) is 9.12. The van der Waals surface area contributed by atoms with Gasteiger partial charge in [-0.1, -0.05) is 51.2 Å². The number of halogens is 13. The lowest BCUT2D eigenvalue weighted by atomic mass is 9.97. The highest BCUT2D eigenvalue weighted by molar-refractivity contribution is 5.63. The van der Waals surface area contributed by atoms with E-state index in [4.69, 9.17) is 0 Å². The molecule has 16 heteroatoms. The molecule has 0 saturated carbocycles. The molecular formula is C24H23F13N2O. The van der Waals surface area contributed by atoms with Crippen LogP contribution in [0.4, 0.5) is 57.1 Å². The maximum atomic E-state index is 14.3. The van der Waals surface area contributed by atoms with Crippen molar-refractivity contribution in [2.24, 2.45) is 0 Å². The normalized spacial score (nSPS) is 13.9. The lowest BCUT2D eigenvalue weighted by Crippen LogP contribution is -2.70. The van der Waals surface area contributed by atoms with Crippen LogP contribution in [0.25, 0.3) is 11.4 Å². The number of alkyl halides is 13. The monoisotopic (exact) mass is 602 g/mol. The number of unbranched alkanes of at least 4 members (excludes halogenated alkanes) is 5. The third-order valence-corrected chi connectivity index (χ3v) is 5.79. The minimum atomic E-state index is -8.01. The molecule has 226 valence electrons. The first kappa shape index (κ1) is 33.4. The fraction of sp³-hybridized carbons (Fsp3) is 0.583. The molecule has 2 rings (SSSR count). The molecule has 1 aromatic carbocycles. The van der Waals surface area contributed by atoms with Gasteiger partial charge in [-0.3, -0.25) is 0 Å². The predicted molar refractivity (Wildman–Crippen MR) is 116 cm³/mol. The van der Waals surface area contributed by atoms with Crippen LogP contribution >= 0.6 is 0 Å². The van der Waals surface area contributed by atoms with E-state index in [2.05, 4.69) is 21.6 Å². The van der Waals surface area contributed by atoms with Crippen molar-refractivity contribution in [3.05, 3.63) is 42.2 Å². The van der Waals surface area contributed by atoms with Crippen molar-refractivity contribution in [2.75, 3.05) is 0 Å². The zero-order chi connectivity index (χ0) is 30.6. The first-order chi connectivity index (χ1) is 18.2. The Hall–Kier alpha value is -2.81. The van der Waals surface area contributed by atoms with Gasteiger partial charge in [-0.25, -0.2) is 9.97 Å². The van der Waals surface area contributed by atoms with Gasteiger partial charge in [-0.2, -0.15) is 57.1 Å². The zero-order valence-electron chi connectivity index (χ0n) is 20.6. The number of nitrogens with zero attached hydrogens (tertiary/aromatic N) is 2. The maximum absolute atomic E-state index is 14.3. The van der Waals surface area contributed by atoms with Crippen LogP contribution in [0, 0.1) is 0 Å². The molecule has 0 radical (unpaired) electrons. The van der Waals surface area contributed by atoms with Crippen LogP contribution in [0.1, 0.15) is 51.0 Å². The average Bonchev–Trinajstić information content (AvgIpc) is 2.85. The van der Waals surface area contributed by atoms with E-state index in [-0.39, 0.29) is 0 Å². The minimum absolute atomic E-state index is 0.456. The summed E-state index contributed by atoms with van der Waals surface area (Å²) < 4.78 is 178. The summed E-state index contributed by atoms with van der Waals surface area (Å²) in [5.74, 6) is -33.2. The first-order valence-electron chi connectivity index (χ1n) is 11.8. The second kappa shape index (κ2) is 12.0. The van der Waals surface area contributed by atoms with Crippen LogP contribution in [0.2, 0.25) is 0 Å². The molecule has 0 amide bonds. The summed E-state index contributed by atoms with van der Waals surface area (Å²) in [6.07, 6.45) is -5.31. The molecule has 1 heterocycles. The zero-order valence-corrected chi connectivity index (χ0v) is 20.6. The molecular weight excluding hydrogens is 579 g/mol. The number of para-hydroxylation sites is 1. The Morgan fingerprint density at radius 2 is 1.12 bits per heavy atom. The summed E-state index contributed by atoms with van der Waals surface area (Å²) >= 11 is 0. The number of hydrogen-bond donors (Lipinski definition) is 0. The van der Waals surface area contributed by atoms with Gasteiger partial charge in [0.15, 0.2) is 5.82 Å². The minimum Gasteiger partial charge on any atom is -0.427 e. The van der Waals surface area contributed by atoms with Crippen molar-refractivity contribution in [1.29, 1.82) is 0 Å². The van der Waals surface area contributed by atoms with E-state index in [0.29, 0.717) is 18.1 Å². The molecule has 0 atom stereocenters. The van der Waals surface area contributed by atoms with Crippen molar-refractivity contribution in [1.82, 2.24) is 9.97 Å². The Labute approximate surface area is 219 Å².